The normalized spacial score (nSPS) is 22.3. The van der Waals surface area contributed by atoms with E-state index < -0.39 is 6.10 Å². The maximum Gasteiger partial charge on any atom is 0.253 e. The first-order valence-electron chi connectivity index (χ1n) is 9.70. The minimum atomic E-state index is -0.571. The van der Waals surface area contributed by atoms with Crippen molar-refractivity contribution in [3.63, 3.8) is 0 Å². The zero-order valence-corrected chi connectivity index (χ0v) is 16.0. The summed E-state index contributed by atoms with van der Waals surface area (Å²) >= 11 is 0. The van der Waals surface area contributed by atoms with Crippen molar-refractivity contribution < 1.29 is 9.90 Å². The average molecular weight is 373 g/mol. The van der Waals surface area contributed by atoms with Gasteiger partial charge in [-0.2, -0.15) is 0 Å². The molecular weight excluding hydrogens is 350 g/mol. The summed E-state index contributed by atoms with van der Waals surface area (Å²) in [5, 5.41) is 11.3. The van der Waals surface area contributed by atoms with E-state index in [-0.39, 0.29) is 17.9 Å². The van der Waals surface area contributed by atoms with Crippen LogP contribution < -0.4 is 0 Å². The molecule has 3 aromatic rings. The minimum absolute atomic E-state index is 0.00723. The lowest BCUT2D eigenvalue weighted by atomic mass is 9.75. The Hall–Kier alpha value is -2.92. The molecule has 2 aliphatic rings. The number of fused-ring (bicyclic) bond motifs is 4. The lowest BCUT2D eigenvalue weighted by molar-refractivity contribution is 0.0717. The molecule has 28 heavy (non-hydrogen) atoms. The fraction of sp³-hybridized carbons (Fsp3) is 0.304. The van der Waals surface area contributed by atoms with Crippen molar-refractivity contribution in [2.75, 3.05) is 14.1 Å². The van der Waals surface area contributed by atoms with Gasteiger partial charge in [-0.05, 0) is 41.7 Å². The molecule has 0 radical (unpaired) electrons. The van der Waals surface area contributed by atoms with Crippen molar-refractivity contribution >= 4 is 5.91 Å². The fourth-order valence-electron chi connectivity index (χ4n) is 4.85. The van der Waals surface area contributed by atoms with Crippen LogP contribution in [-0.2, 0) is 6.42 Å². The predicted molar refractivity (Wildman–Crippen MR) is 107 cm³/mol. The first kappa shape index (κ1) is 17.2. The molecule has 5 rings (SSSR count). The fourth-order valence-corrected chi connectivity index (χ4v) is 4.85. The highest BCUT2D eigenvalue weighted by Crippen LogP contribution is 2.49. The number of aliphatic hydroxyl groups is 1. The van der Waals surface area contributed by atoms with Gasteiger partial charge in [0, 0.05) is 31.1 Å². The molecule has 0 saturated heterocycles. The van der Waals surface area contributed by atoms with Gasteiger partial charge in [-0.1, -0.05) is 30.3 Å². The van der Waals surface area contributed by atoms with Crippen LogP contribution in [0.15, 0.2) is 55.0 Å². The summed E-state index contributed by atoms with van der Waals surface area (Å²) in [5.74, 6) is 0.0618. The number of carbonyl (C=O) groups excluding carboxylic acids is 1. The highest BCUT2D eigenvalue weighted by atomic mass is 16.3. The Morgan fingerprint density at radius 2 is 2.00 bits per heavy atom. The van der Waals surface area contributed by atoms with E-state index in [0.717, 1.165) is 29.7 Å². The van der Waals surface area contributed by atoms with E-state index in [9.17, 15) is 9.90 Å². The molecule has 1 aliphatic carbocycles. The summed E-state index contributed by atoms with van der Waals surface area (Å²) in [6, 6.07) is 14.2. The topological polar surface area (TPSA) is 58.4 Å². The number of hydrogen-bond donors (Lipinski definition) is 1. The summed E-state index contributed by atoms with van der Waals surface area (Å²) in [6.45, 7) is 0. The van der Waals surface area contributed by atoms with Gasteiger partial charge in [0.2, 0.25) is 0 Å². The zero-order chi connectivity index (χ0) is 19.4. The van der Waals surface area contributed by atoms with Gasteiger partial charge in [0.05, 0.1) is 30.4 Å². The van der Waals surface area contributed by atoms with Gasteiger partial charge >= 0.3 is 0 Å². The molecule has 0 bridgehead atoms. The molecule has 2 aromatic carbocycles. The Kier molecular flexibility index (Phi) is 3.88. The third-order valence-electron chi connectivity index (χ3n) is 6.19. The summed E-state index contributed by atoms with van der Waals surface area (Å²) < 4.78 is 2.20. The molecule has 142 valence electrons. The number of nitrogens with zero attached hydrogens (tertiary/aromatic N) is 3. The monoisotopic (exact) mass is 373 g/mol. The Morgan fingerprint density at radius 1 is 1.18 bits per heavy atom. The smallest absolute Gasteiger partial charge is 0.253 e. The molecule has 1 aliphatic heterocycles. The Bertz CT molecular complexity index is 1070. The van der Waals surface area contributed by atoms with Crippen LogP contribution in [0.4, 0.5) is 0 Å². The molecule has 0 fully saturated rings. The van der Waals surface area contributed by atoms with Gasteiger partial charge in [0.25, 0.3) is 5.91 Å². The van der Waals surface area contributed by atoms with Gasteiger partial charge in [-0.25, -0.2) is 4.98 Å². The lowest BCUT2D eigenvalue weighted by Gasteiger charge is -2.35. The maximum absolute atomic E-state index is 12.3. The van der Waals surface area contributed by atoms with E-state index in [2.05, 4.69) is 33.8 Å². The van der Waals surface area contributed by atoms with Crippen molar-refractivity contribution in [2.45, 2.75) is 25.0 Å². The maximum atomic E-state index is 12.3. The third-order valence-corrected chi connectivity index (χ3v) is 6.19. The molecule has 0 unspecified atom stereocenters. The number of hydrogen-bond acceptors (Lipinski definition) is 3. The molecule has 5 heteroatoms. The standard InChI is InChI=1S/C23H23N3O2/c1-25(2)23(28)15-8-9-16-14(11-15)7-10-19(22(16)27)21-18-6-4-3-5-17(18)20-12-24-13-26(20)21/h3-6,8-9,11-13,19,21-22,27H,7,10H2,1-2H3/t19-,21-,22-/m0/s1. The molecule has 1 N–H and O–H groups in total. The van der Waals surface area contributed by atoms with Crippen LogP contribution in [0.1, 0.15) is 45.6 Å². The SMILES string of the molecule is CN(C)C(=O)c1ccc2c(c1)CC[C@@H]([C@@H]1c3ccccc3-c3cncn31)[C@H]2O. The van der Waals surface area contributed by atoms with Crippen molar-refractivity contribution in [3.8, 4) is 11.3 Å². The van der Waals surface area contributed by atoms with Crippen LogP contribution >= 0.6 is 0 Å². The first-order valence-corrected chi connectivity index (χ1v) is 9.70. The second-order valence-corrected chi connectivity index (χ2v) is 7.98. The summed E-state index contributed by atoms with van der Waals surface area (Å²) in [6.07, 6.45) is 4.93. The van der Waals surface area contributed by atoms with Gasteiger partial charge < -0.3 is 14.6 Å². The van der Waals surface area contributed by atoms with Crippen LogP contribution in [0.5, 0.6) is 0 Å². The van der Waals surface area contributed by atoms with Gasteiger partial charge in [0.15, 0.2) is 0 Å². The molecule has 1 aromatic heterocycles. The van der Waals surface area contributed by atoms with Gasteiger partial charge in [-0.15, -0.1) is 0 Å². The molecule has 5 nitrogen and oxygen atoms in total. The second kappa shape index (κ2) is 6.31. The molecular formula is C23H23N3O2. The number of carbonyl (C=O) groups is 1. The van der Waals surface area contributed by atoms with Crippen LogP contribution in [0, 0.1) is 5.92 Å². The number of benzene rings is 2. The van der Waals surface area contributed by atoms with Crippen molar-refractivity contribution in [2.24, 2.45) is 5.92 Å². The van der Waals surface area contributed by atoms with E-state index in [1.165, 1.54) is 11.1 Å². The molecule has 3 atom stereocenters. The van der Waals surface area contributed by atoms with E-state index in [1.807, 2.05) is 30.7 Å². The molecule has 0 saturated carbocycles. The Morgan fingerprint density at radius 3 is 2.82 bits per heavy atom. The average Bonchev–Trinajstić information content (AvgIpc) is 3.29. The van der Waals surface area contributed by atoms with Crippen molar-refractivity contribution in [1.82, 2.24) is 14.5 Å². The largest absolute Gasteiger partial charge is 0.388 e. The van der Waals surface area contributed by atoms with E-state index in [0.29, 0.717) is 5.56 Å². The summed E-state index contributed by atoms with van der Waals surface area (Å²) in [5.41, 5.74) is 6.27. The Balaban J connectivity index is 1.53. The Labute approximate surface area is 164 Å². The van der Waals surface area contributed by atoms with Crippen molar-refractivity contribution in [3.05, 3.63) is 77.2 Å². The number of rotatable bonds is 2. The number of amides is 1. The minimum Gasteiger partial charge on any atom is -0.388 e. The number of aryl methyl sites for hydroxylation is 1. The third kappa shape index (κ3) is 2.43. The van der Waals surface area contributed by atoms with Gasteiger partial charge in [0.1, 0.15) is 0 Å². The molecule has 0 spiro atoms. The molecule has 1 amide bonds. The van der Waals surface area contributed by atoms with Crippen LogP contribution in [-0.4, -0.2) is 39.6 Å². The number of aromatic nitrogens is 2. The van der Waals surface area contributed by atoms with Crippen LogP contribution in [0.3, 0.4) is 0 Å². The summed E-state index contributed by atoms with van der Waals surface area (Å²) in [4.78, 5) is 18.2. The number of aliphatic hydroxyl groups excluding tert-OH is 1. The predicted octanol–water partition coefficient (Wildman–Crippen LogP) is 3.45. The lowest BCUT2D eigenvalue weighted by Crippen LogP contribution is -2.29. The van der Waals surface area contributed by atoms with E-state index in [4.69, 9.17) is 0 Å². The van der Waals surface area contributed by atoms with Gasteiger partial charge in [-0.3, -0.25) is 4.79 Å². The highest BCUT2D eigenvalue weighted by Gasteiger charge is 2.40. The number of imidazole rings is 1. The van der Waals surface area contributed by atoms with Crippen LogP contribution in [0.25, 0.3) is 11.3 Å². The molecule has 2 heterocycles. The quantitative estimate of drug-likeness (QED) is 0.748. The first-order chi connectivity index (χ1) is 13.6. The van der Waals surface area contributed by atoms with E-state index in [1.54, 1.807) is 19.0 Å². The zero-order valence-electron chi connectivity index (χ0n) is 16.0. The van der Waals surface area contributed by atoms with Crippen molar-refractivity contribution in [1.29, 1.82) is 0 Å². The highest BCUT2D eigenvalue weighted by molar-refractivity contribution is 5.94. The second-order valence-electron chi connectivity index (χ2n) is 7.98. The van der Waals surface area contributed by atoms with Crippen LogP contribution in [0.2, 0.25) is 0 Å². The van der Waals surface area contributed by atoms with E-state index >= 15 is 0 Å². The summed E-state index contributed by atoms with van der Waals surface area (Å²) in [7, 11) is 3.51.